The first-order valence-corrected chi connectivity index (χ1v) is 6.23. The maximum atomic E-state index is 10.9. The minimum absolute atomic E-state index is 0.245. The molecule has 2 rings (SSSR count). The van der Waals surface area contributed by atoms with Crippen LogP contribution in [0.25, 0.3) is 0 Å². The van der Waals surface area contributed by atoms with E-state index in [2.05, 4.69) is 0 Å². The molecule has 0 radical (unpaired) electrons. The summed E-state index contributed by atoms with van der Waals surface area (Å²) in [4.78, 5) is 0. The van der Waals surface area contributed by atoms with Crippen molar-refractivity contribution in [3.05, 3.63) is 0 Å². The highest BCUT2D eigenvalue weighted by Gasteiger charge is 2.48. The second-order valence-electron chi connectivity index (χ2n) is 2.88. The van der Waals surface area contributed by atoms with Gasteiger partial charge in [0.2, 0.25) is 0 Å². The summed E-state index contributed by atoms with van der Waals surface area (Å²) in [6, 6.07) is 0. The summed E-state index contributed by atoms with van der Waals surface area (Å²) in [5, 5.41) is 0.271. The molecule has 0 unspecified atom stereocenters. The molecule has 2 aliphatic heterocycles. The summed E-state index contributed by atoms with van der Waals surface area (Å²) in [6.07, 6.45) is 0.431. The molecule has 70 valence electrons. The molecule has 0 aromatic carbocycles. The lowest BCUT2D eigenvalue weighted by atomic mass is 10.1. The Balaban J connectivity index is 2.16. The van der Waals surface area contributed by atoms with Crippen molar-refractivity contribution in [3.63, 3.8) is 0 Å². The zero-order valence-corrected chi connectivity index (χ0v) is 8.23. The summed E-state index contributed by atoms with van der Waals surface area (Å²) in [5.41, 5.74) is 0. The molecule has 0 aromatic rings. The number of thioether (sulfide) groups is 1. The van der Waals surface area contributed by atoms with Crippen LogP contribution in [0.4, 0.5) is 0 Å². The van der Waals surface area contributed by atoms with Crippen molar-refractivity contribution in [1.29, 1.82) is 0 Å². The van der Waals surface area contributed by atoms with Gasteiger partial charge >= 0.3 is 10.4 Å². The van der Waals surface area contributed by atoms with E-state index in [0.29, 0.717) is 0 Å². The second kappa shape index (κ2) is 2.87. The Hall–Kier alpha value is 0.220. The molecule has 4 nitrogen and oxygen atoms in total. The lowest BCUT2D eigenvalue weighted by Crippen LogP contribution is -2.25. The summed E-state index contributed by atoms with van der Waals surface area (Å²) < 4.78 is 31.2. The zero-order chi connectivity index (χ0) is 8.77. The highest BCUT2D eigenvalue weighted by molar-refractivity contribution is 8.00. The van der Waals surface area contributed by atoms with E-state index in [9.17, 15) is 8.42 Å². The van der Waals surface area contributed by atoms with E-state index in [4.69, 9.17) is 8.37 Å². The average Bonchev–Trinajstić information content (AvgIpc) is 2.42. The molecule has 2 aliphatic rings. The van der Waals surface area contributed by atoms with Crippen LogP contribution >= 0.6 is 11.8 Å². The fourth-order valence-corrected chi connectivity index (χ4v) is 4.08. The summed E-state index contributed by atoms with van der Waals surface area (Å²) in [6.45, 7) is 2.02. The smallest absolute Gasteiger partial charge is 0.241 e. The van der Waals surface area contributed by atoms with Gasteiger partial charge in [0.25, 0.3) is 0 Å². The predicted molar refractivity (Wildman–Crippen MR) is 45.2 cm³/mol. The zero-order valence-electron chi connectivity index (χ0n) is 6.60. The van der Waals surface area contributed by atoms with Crippen LogP contribution in [0.5, 0.6) is 0 Å². The third-order valence-electron chi connectivity index (χ3n) is 2.08. The number of hydrogen-bond acceptors (Lipinski definition) is 5. The largest absolute Gasteiger partial charge is 0.400 e. The van der Waals surface area contributed by atoms with E-state index >= 15 is 0 Å². The minimum atomic E-state index is -3.66. The van der Waals surface area contributed by atoms with Crippen LogP contribution in [0, 0.1) is 0 Å². The molecule has 0 amide bonds. The standard InChI is InChI=1S/C6H10O4S2/c1-2-5-6-4(3-11-5)9-12(7,8)10-6/h4-6H,2-3H2,1H3/t4-,5+,6-/m0/s1. The molecule has 2 saturated heterocycles. The molecule has 0 spiro atoms. The van der Waals surface area contributed by atoms with Crippen molar-refractivity contribution in [2.75, 3.05) is 5.75 Å². The second-order valence-corrected chi connectivity index (χ2v) is 5.36. The van der Waals surface area contributed by atoms with Crippen molar-refractivity contribution in [1.82, 2.24) is 0 Å². The Morgan fingerprint density at radius 3 is 2.92 bits per heavy atom. The molecular weight excluding hydrogens is 200 g/mol. The Bertz CT molecular complexity index is 273. The lowest BCUT2D eigenvalue weighted by molar-refractivity contribution is 0.181. The van der Waals surface area contributed by atoms with Crippen molar-refractivity contribution < 1.29 is 16.8 Å². The topological polar surface area (TPSA) is 52.6 Å². The van der Waals surface area contributed by atoms with Crippen LogP contribution in [0.1, 0.15) is 13.3 Å². The molecule has 0 saturated carbocycles. The monoisotopic (exact) mass is 210 g/mol. The van der Waals surface area contributed by atoms with Crippen LogP contribution in [0.3, 0.4) is 0 Å². The van der Waals surface area contributed by atoms with Gasteiger partial charge in [0.1, 0.15) is 12.2 Å². The first-order chi connectivity index (χ1) is 5.62. The van der Waals surface area contributed by atoms with Gasteiger partial charge in [0, 0.05) is 11.0 Å². The van der Waals surface area contributed by atoms with E-state index in [-0.39, 0.29) is 17.5 Å². The summed E-state index contributed by atoms with van der Waals surface area (Å²) in [7, 11) is -3.66. The van der Waals surface area contributed by atoms with Crippen LogP contribution in [0.2, 0.25) is 0 Å². The Morgan fingerprint density at radius 1 is 1.50 bits per heavy atom. The quantitative estimate of drug-likeness (QED) is 0.632. The molecular formula is C6H10O4S2. The highest BCUT2D eigenvalue weighted by atomic mass is 32.3. The fraction of sp³-hybridized carbons (Fsp3) is 1.00. The number of fused-ring (bicyclic) bond motifs is 1. The van der Waals surface area contributed by atoms with E-state index in [1.165, 1.54) is 0 Å². The highest BCUT2D eigenvalue weighted by Crippen LogP contribution is 2.39. The SMILES string of the molecule is CC[C@H]1SC[C@@H]2OS(=O)(=O)O[C@@H]21. The van der Waals surface area contributed by atoms with Crippen molar-refractivity contribution in [2.45, 2.75) is 30.8 Å². The van der Waals surface area contributed by atoms with Gasteiger partial charge in [0.05, 0.1) is 0 Å². The van der Waals surface area contributed by atoms with Gasteiger partial charge in [-0.1, -0.05) is 6.92 Å². The number of rotatable bonds is 1. The van der Waals surface area contributed by atoms with Crippen LogP contribution in [-0.2, 0) is 18.8 Å². The van der Waals surface area contributed by atoms with Gasteiger partial charge in [-0.2, -0.15) is 20.2 Å². The van der Waals surface area contributed by atoms with E-state index in [0.717, 1.165) is 12.2 Å². The predicted octanol–water partition coefficient (Wildman–Crippen LogP) is 0.541. The van der Waals surface area contributed by atoms with Crippen LogP contribution in [-0.4, -0.2) is 31.6 Å². The van der Waals surface area contributed by atoms with Crippen LogP contribution in [0.15, 0.2) is 0 Å². The minimum Gasteiger partial charge on any atom is -0.241 e. The first kappa shape index (κ1) is 8.80. The molecule has 6 heteroatoms. The van der Waals surface area contributed by atoms with Gasteiger partial charge in [-0.05, 0) is 6.42 Å². The summed E-state index contributed by atoms with van der Waals surface area (Å²) in [5.74, 6) is 0.725. The summed E-state index contributed by atoms with van der Waals surface area (Å²) >= 11 is 1.72. The van der Waals surface area contributed by atoms with Gasteiger partial charge in [-0.15, -0.1) is 0 Å². The molecule has 2 heterocycles. The maximum Gasteiger partial charge on any atom is 0.400 e. The molecule has 3 atom stereocenters. The van der Waals surface area contributed by atoms with Crippen molar-refractivity contribution in [2.24, 2.45) is 0 Å². The third kappa shape index (κ3) is 1.37. The Kier molecular flexibility index (Phi) is 2.10. The van der Waals surface area contributed by atoms with Gasteiger partial charge in [-0.25, -0.2) is 8.37 Å². The fourth-order valence-electron chi connectivity index (χ4n) is 1.51. The van der Waals surface area contributed by atoms with E-state index < -0.39 is 10.4 Å². The first-order valence-electron chi connectivity index (χ1n) is 3.85. The van der Waals surface area contributed by atoms with Gasteiger partial charge in [-0.3, -0.25) is 0 Å². The number of hydrogen-bond donors (Lipinski definition) is 0. The van der Waals surface area contributed by atoms with E-state index in [1.54, 1.807) is 11.8 Å². The normalized spacial score (nSPS) is 44.6. The van der Waals surface area contributed by atoms with Crippen LogP contribution < -0.4 is 0 Å². The molecule has 0 aliphatic carbocycles. The van der Waals surface area contributed by atoms with Crippen molar-refractivity contribution >= 4 is 22.2 Å². The molecule has 0 bridgehead atoms. The van der Waals surface area contributed by atoms with Gasteiger partial charge in [0.15, 0.2) is 0 Å². The molecule has 12 heavy (non-hydrogen) atoms. The lowest BCUT2D eigenvalue weighted by Gasteiger charge is -2.10. The maximum absolute atomic E-state index is 10.9. The van der Waals surface area contributed by atoms with E-state index in [1.807, 2.05) is 6.92 Å². The molecule has 2 fully saturated rings. The third-order valence-corrected chi connectivity index (χ3v) is 4.57. The van der Waals surface area contributed by atoms with Crippen molar-refractivity contribution in [3.8, 4) is 0 Å². The molecule has 0 N–H and O–H groups in total. The molecule has 0 aromatic heterocycles. The Morgan fingerprint density at radius 2 is 2.25 bits per heavy atom. The average molecular weight is 210 g/mol. The van der Waals surface area contributed by atoms with Gasteiger partial charge < -0.3 is 0 Å². The Labute approximate surface area is 75.9 Å².